The van der Waals surface area contributed by atoms with Crippen molar-refractivity contribution in [2.75, 3.05) is 5.32 Å². The fraction of sp³-hybridized carbons (Fsp3) is 0.0556. The Balaban J connectivity index is 1.54. The summed E-state index contributed by atoms with van der Waals surface area (Å²) >= 11 is 1.24. The van der Waals surface area contributed by atoms with Crippen LogP contribution in [0.1, 0.15) is 20.3 Å². The molecule has 7 heteroatoms. The van der Waals surface area contributed by atoms with Crippen LogP contribution in [0.5, 0.6) is 0 Å². The van der Waals surface area contributed by atoms with Gasteiger partial charge in [-0.2, -0.15) is 0 Å². The fourth-order valence-electron chi connectivity index (χ4n) is 2.08. The molecule has 3 aromatic rings. The van der Waals surface area contributed by atoms with Gasteiger partial charge in [-0.25, -0.2) is 0 Å². The second-order valence-corrected chi connectivity index (χ2v) is 6.24. The van der Waals surface area contributed by atoms with E-state index in [2.05, 4.69) is 10.6 Å². The topological polar surface area (TPSA) is 88.4 Å². The second kappa shape index (κ2) is 7.59. The van der Waals surface area contributed by atoms with Crippen LogP contribution in [-0.4, -0.2) is 17.6 Å². The summed E-state index contributed by atoms with van der Waals surface area (Å²) in [6.07, 6.45) is 1.44. The van der Waals surface area contributed by atoms with Crippen molar-refractivity contribution < 1.29 is 18.8 Å². The molecule has 0 aliphatic rings. The van der Waals surface area contributed by atoms with Gasteiger partial charge in [-0.15, -0.1) is 11.3 Å². The van der Waals surface area contributed by atoms with E-state index in [1.807, 2.05) is 6.07 Å². The minimum absolute atomic E-state index is 0.164. The van der Waals surface area contributed by atoms with Crippen LogP contribution in [0.2, 0.25) is 0 Å². The Labute approximate surface area is 147 Å². The van der Waals surface area contributed by atoms with Gasteiger partial charge in [0, 0.05) is 10.6 Å². The molecule has 25 heavy (non-hydrogen) atoms. The summed E-state index contributed by atoms with van der Waals surface area (Å²) in [5.74, 6) is -1.43. The molecule has 0 radical (unpaired) electrons. The predicted octanol–water partition coefficient (Wildman–Crippen LogP) is 2.83. The SMILES string of the molecule is O=C(NCc1ccc(C(=O)c2ccco2)s1)C(=O)Nc1ccccc1. The molecule has 0 unspecified atom stereocenters. The summed E-state index contributed by atoms with van der Waals surface area (Å²) in [7, 11) is 0. The van der Waals surface area contributed by atoms with Crippen LogP contribution in [0.15, 0.2) is 65.3 Å². The third-order valence-corrected chi connectivity index (χ3v) is 4.38. The molecule has 0 spiro atoms. The molecule has 2 aromatic heterocycles. The van der Waals surface area contributed by atoms with E-state index in [1.165, 1.54) is 17.6 Å². The summed E-state index contributed by atoms with van der Waals surface area (Å²) in [5, 5.41) is 5.04. The van der Waals surface area contributed by atoms with Gasteiger partial charge in [-0.05, 0) is 36.4 Å². The average Bonchev–Trinajstić information content (AvgIpc) is 3.32. The van der Waals surface area contributed by atoms with Gasteiger partial charge in [0.15, 0.2) is 5.76 Å². The summed E-state index contributed by atoms with van der Waals surface area (Å²) in [4.78, 5) is 37.1. The zero-order chi connectivity index (χ0) is 17.6. The van der Waals surface area contributed by atoms with Crippen molar-refractivity contribution in [3.8, 4) is 0 Å². The van der Waals surface area contributed by atoms with Crippen LogP contribution in [0.3, 0.4) is 0 Å². The van der Waals surface area contributed by atoms with Gasteiger partial charge < -0.3 is 15.1 Å². The average molecular weight is 354 g/mol. The number of furan rings is 1. The van der Waals surface area contributed by atoms with E-state index in [9.17, 15) is 14.4 Å². The van der Waals surface area contributed by atoms with Crippen LogP contribution in [0, 0.1) is 0 Å². The smallest absolute Gasteiger partial charge is 0.313 e. The molecule has 2 N–H and O–H groups in total. The number of ketones is 1. The molecule has 0 fully saturated rings. The lowest BCUT2D eigenvalue weighted by molar-refractivity contribution is -0.136. The first-order valence-electron chi connectivity index (χ1n) is 7.44. The second-order valence-electron chi connectivity index (χ2n) is 5.08. The van der Waals surface area contributed by atoms with E-state index < -0.39 is 11.8 Å². The molecular formula is C18H14N2O4S. The highest BCUT2D eigenvalue weighted by atomic mass is 32.1. The highest BCUT2D eigenvalue weighted by Crippen LogP contribution is 2.20. The van der Waals surface area contributed by atoms with Crippen molar-refractivity contribution >= 4 is 34.6 Å². The minimum atomic E-state index is -0.741. The van der Waals surface area contributed by atoms with Gasteiger partial charge in [0.2, 0.25) is 5.78 Å². The molecule has 0 saturated heterocycles. The lowest BCUT2D eigenvalue weighted by Crippen LogP contribution is -2.34. The van der Waals surface area contributed by atoms with Crippen molar-refractivity contribution in [2.24, 2.45) is 0 Å². The summed E-state index contributed by atoms with van der Waals surface area (Å²) < 4.78 is 5.08. The van der Waals surface area contributed by atoms with E-state index in [-0.39, 0.29) is 18.1 Å². The normalized spacial score (nSPS) is 10.2. The molecule has 0 aliphatic heterocycles. The summed E-state index contributed by atoms with van der Waals surface area (Å²) in [5.41, 5.74) is 0.546. The number of hydrogen-bond donors (Lipinski definition) is 2. The zero-order valence-corrected chi connectivity index (χ0v) is 13.8. The number of anilines is 1. The molecule has 6 nitrogen and oxygen atoms in total. The minimum Gasteiger partial charge on any atom is -0.461 e. The Morgan fingerprint density at radius 3 is 2.44 bits per heavy atom. The predicted molar refractivity (Wildman–Crippen MR) is 93.4 cm³/mol. The van der Waals surface area contributed by atoms with E-state index in [4.69, 9.17) is 4.42 Å². The van der Waals surface area contributed by atoms with Crippen LogP contribution in [0.25, 0.3) is 0 Å². The molecule has 0 aliphatic carbocycles. The number of amides is 2. The lowest BCUT2D eigenvalue weighted by atomic mass is 10.2. The first-order valence-corrected chi connectivity index (χ1v) is 8.26. The van der Waals surface area contributed by atoms with Crippen LogP contribution < -0.4 is 10.6 Å². The molecule has 0 atom stereocenters. The van der Waals surface area contributed by atoms with Crippen molar-refractivity contribution in [3.63, 3.8) is 0 Å². The Morgan fingerprint density at radius 1 is 0.920 bits per heavy atom. The summed E-state index contributed by atoms with van der Waals surface area (Å²) in [6, 6.07) is 15.4. The van der Waals surface area contributed by atoms with E-state index in [0.717, 1.165) is 4.88 Å². The number of thiophene rings is 1. The maximum Gasteiger partial charge on any atom is 0.313 e. The highest BCUT2D eigenvalue weighted by Gasteiger charge is 2.16. The Morgan fingerprint density at radius 2 is 1.72 bits per heavy atom. The highest BCUT2D eigenvalue weighted by molar-refractivity contribution is 7.14. The van der Waals surface area contributed by atoms with E-state index in [1.54, 1.807) is 48.5 Å². The summed E-state index contributed by atoms with van der Waals surface area (Å²) in [6.45, 7) is 0.164. The molecule has 2 amide bonds. The molecule has 126 valence electrons. The number of nitrogens with one attached hydrogen (secondary N) is 2. The van der Waals surface area contributed by atoms with Crippen LogP contribution in [-0.2, 0) is 16.1 Å². The number of rotatable bonds is 5. The first kappa shape index (κ1) is 16.7. The van der Waals surface area contributed by atoms with Crippen molar-refractivity contribution in [1.29, 1.82) is 0 Å². The van der Waals surface area contributed by atoms with Gasteiger partial charge in [0.1, 0.15) is 0 Å². The molecule has 0 bridgehead atoms. The number of para-hydroxylation sites is 1. The standard InChI is InChI=1S/C18H14N2O4S/c21-16(14-7-4-10-24-14)15-9-8-13(25-15)11-19-17(22)18(23)20-12-5-2-1-3-6-12/h1-10H,11H2,(H,19,22)(H,20,23). The van der Waals surface area contributed by atoms with Gasteiger partial charge in [-0.1, -0.05) is 18.2 Å². The largest absolute Gasteiger partial charge is 0.461 e. The van der Waals surface area contributed by atoms with Gasteiger partial charge in [-0.3, -0.25) is 14.4 Å². The Hall–Kier alpha value is -3.19. The van der Waals surface area contributed by atoms with Crippen LogP contribution in [0.4, 0.5) is 5.69 Å². The van der Waals surface area contributed by atoms with Crippen molar-refractivity contribution in [1.82, 2.24) is 5.32 Å². The molecule has 1 aromatic carbocycles. The number of hydrogen-bond acceptors (Lipinski definition) is 5. The van der Waals surface area contributed by atoms with Gasteiger partial charge in [0.05, 0.1) is 17.7 Å². The third-order valence-electron chi connectivity index (χ3n) is 3.29. The molecule has 2 heterocycles. The number of carbonyl (C=O) groups excluding carboxylic acids is 3. The fourth-order valence-corrected chi connectivity index (χ4v) is 2.97. The Bertz CT molecular complexity index is 885. The van der Waals surface area contributed by atoms with Gasteiger partial charge in [0.25, 0.3) is 0 Å². The number of carbonyl (C=O) groups is 3. The maximum absolute atomic E-state index is 12.1. The van der Waals surface area contributed by atoms with Crippen molar-refractivity contribution in [3.05, 3.63) is 76.4 Å². The molecule has 3 rings (SSSR count). The maximum atomic E-state index is 12.1. The van der Waals surface area contributed by atoms with E-state index >= 15 is 0 Å². The zero-order valence-electron chi connectivity index (χ0n) is 13.0. The van der Waals surface area contributed by atoms with Crippen LogP contribution >= 0.6 is 11.3 Å². The first-order chi connectivity index (χ1) is 12.1. The molecular weight excluding hydrogens is 340 g/mol. The van der Waals surface area contributed by atoms with Crippen molar-refractivity contribution in [2.45, 2.75) is 6.54 Å². The quantitative estimate of drug-likeness (QED) is 0.545. The van der Waals surface area contributed by atoms with Gasteiger partial charge >= 0.3 is 11.8 Å². The Kier molecular flexibility index (Phi) is 5.06. The van der Waals surface area contributed by atoms with E-state index in [0.29, 0.717) is 10.6 Å². The molecule has 0 saturated carbocycles. The lowest BCUT2D eigenvalue weighted by Gasteiger charge is -2.05. The monoisotopic (exact) mass is 354 g/mol. The number of benzene rings is 1. The third kappa shape index (κ3) is 4.21.